The Labute approximate surface area is 185 Å². The van der Waals surface area contributed by atoms with Gasteiger partial charge in [0.2, 0.25) is 10.0 Å². The maximum absolute atomic E-state index is 14.1. The number of hydrogen-bond donors (Lipinski definition) is 1. The van der Waals surface area contributed by atoms with Gasteiger partial charge in [-0.05, 0) is 49.1 Å². The van der Waals surface area contributed by atoms with Crippen molar-refractivity contribution in [1.82, 2.24) is 9.62 Å². The summed E-state index contributed by atoms with van der Waals surface area (Å²) in [5.41, 5.74) is 0.959. The van der Waals surface area contributed by atoms with E-state index in [-0.39, 0.29) is 27.3 Å². The smallest absolute Gasteiger partial charge is 0.251 e. The van der Waals surface area contributed by atoms with Crippen molar-refractivity contribution in [3.63, 3.8) is 0 Å². The van der Waals surface area contributed by atoms with Crippen molar-refractivity contribution in [2.45, 2.75) is 41.5 Å². The lowest BCUT2D eigenvalue weighted by atomic mass is 10.0. The van der Waals surface area contributed by atoms with Gasteiger partial charge in [0.25, 0.3) is 5.91 Å². The molecule has 160 valence electrons. The Morgan fingerprint density at radius 1 is 1.17 bits per heavy atom. The summed E-state index contributed by atoms with van der Waals surface area (Å²) in [6.45, 7) is 0.911. The molecule has 2 aromatic rings. The highest BCUT2D eigenvalue weighted by Crippen LogP contribution is 2.38. The van der Waals surface area contributed by atoms with Crippen LogP contribution in [0, 0.1) is 5.82 Å². The first-order chi connectivity index (χ1) is 14.4. The summed E-state index contributed by atoms with van der Waals surface area (Å²) in [5, 5.41) is 3.02. The maximum atomic E-state index is 14.1. The largest absolute Gasteiger partial charge is 0.345 e. The van der Waals surface area contributed by atoms with Crippen LogP contribution in [-0.4, -0.2) is 37.5 Å². The molecule has 1 saturated heterocycles. The predicted molar refractivity (Wildman–Crippen MR) is 116 cm³/mol. The lowest BCUT2D eigenvalue weighted by Gasteiger charge is -2.27. The van der Waals surface area contributed by atoms with Crippen molar-refractivity contribution < 1.29 is 17.6 Å². The standard InChI is InChI=1S/C21H22ClFN2O3S2/c22-16-8-7-14(13-19(16)30(27,28)25-10-2-1-3-11-25)21(26)24-18-9-12-29-20-15(18)5-4-6-17(20)23/h4-8,13,18H,1-3,9-12H2,(H,24,26)/t18-/m1/s1. The number of nitrogens with zero attached hydrogens (tertiary/aromatic N) is 1. The van der Waals surface area contributed by atoms with Gasteiger partial charge in [0.1, 0.15) is 10.7 Å². The van der Waals surface area contributed by atoms with Gasteiger partial charge >= 0.3 is 0 Å². The zero-order chi connectivity index (χ0) is 21.3. The summed E-state index contributed by atoms with van der Waals surface area (Å²) in [6.07, 6.45) is 3.29. The van der Waals surface area contributed by atoms with Crippen LogP contribution in [0.2, 0.25) is 5.02 Å². The fourth-order valence-corrected chi connectivity index (χ4v) is 7.02. The zero-order valence-electron chi connectivity index (χ0n) is 16.2. The molecule has 0 saturated carbocycles. The average Bonchev–Trinajstić information content (AvgIpc) is 2.75. The lowest BCUT2D eigenvalue weighted by Crippen LogP contribution is -2.36. The van der Waals surface area contributed by atoms with Crippen molar-refractivity contribution in [2.75, 3.05) is 18.8 Å². The molecular weight excluding hydrogens is 447 g/mol. The third-order valence-corrected chi connectivity index (χ3v) is 9.00. The normalized spacial score (nSPS) is 19.9. The molecule has 1 atom stereocenters. The number of benzene rings is 2. The molecule has 0 aromatic heterocycles. The van der Waals surface area contributed by atoms with Gasteiger partial charge in [-0.25, -0.2) is 12.8 Å². The van der Waals surface area contributed by atoms with Crippen LogP contribution in [0.3, 0.4) is 0 Å². The van der Waals surface area contributed by atoms with Crippen molar-refractivity contribution in [3.05, 3.63) is 58.4 Å². The molecule has 0 spiro atoms. The van der Waals surface area contributed by atoms with Gasteiger partial charge in [0.05, 0.1) is 11.1 Å². The van der Waals surface area contributed by atoms with E-state index in [1.54, 1.807) is 6.07 Å². The number of rotatable bonds is 4. The van der Waals surface area contributed by atoms with E-state index in [0.29, 0.717) is 30.2 Å². The van der Waals surface area contributed by atoms with E-state index in [0.717, 1.165) is 24.8 Å². The minimum atomic E-state index is -3.77. The number of halogens is 2. The minimum absolute atomic E-state index is 0.0515. The van der Waals surface area contributed by atoms with Crippen molar-refractivity contribution in [2.24, 2.45) is 0 Å². The third-order valence-electron chi connectivity index (χ3n) is 5.46. The third kappa shape index (κ3) is 4.23. The molecule has 2 aromatic carbocycles. The SMILES string of the molecule is O=C(N[C@@H]1CCSc2c(F)cccc21)c1ccc(Cl)c(S(=O)(=O)N2CCCCC2)c1. The summed E-state index contributed by atoms with van der Waals surface area (Å²) in [5.74, 6) is -0.0135. The van der Waals surface area contributed by atoms with Crippen molar-refractivity contribution in [3.8, 4) is 0 Å². The topological polar surface area (TPSA) is 66.5 Å². The van der Waals surface area contributed by atoms with Crippen LogP contribution in [-0.2, 0) is 10.0 Å². The zero-order valence-corrected chi connectivity index (χ0v) is 18.6. The van der Waals surface area contributed by atoms with E-state index in [1.807, 2.05) is 6.07 Å². The predicted octanol–water partition coefficient (Wildman–Crippen LogP) is 4.62. The highest BCUT2D eigenvalue weighted by molar-refractivity contribution is 7.99. The number of sulfonamides is 1. The van der Waals surface area contributed by atoms with Crippen LogP contribution in [0.25, 0.3) is 0 Å². The molecule has 0 unspecified atom stereocenters. The number of carbonyl (C=O) groups is 1. The Morgan fingerprint density at radius 2 is 1.93 bits per heavy atom. The highest BCUT2D eigenvalue weighted by Gasteiger charge is 2.30. The molecule has 0 bridgehead atoms. The number of fused-ring (bicyclic) bond motifs is 1. The van der Waals surface area contributed by atoms with Gasteiger partial charge in [-0.15, -0.1) is 11.8 Å². The van der Waals surface area contributed by atoms with Crippen LogP contribution >= 0.6 is 23.4 Å². The minimum Gasteiger partial charge on any atom is -0.345 e. The van der Waals surface area contributed by atoms with Gasteiger partial charge in [0.15, 0.2) is 0 Å². The van der Waals surface area contributed by atoms with E-state index < -0.39 is 15.9 Å². The van der Waals surface area contributed by atoms with Crippen LogP contribution in [0.15, 0.2) is 46.2 Å². The van der Waals surface area contributed by atoms with E-state index in [9.17, 15) is 17.6 Å². The molecule has 1 fully saturated rings. The summed E-state index contributed by atoms with van der Waals surface area (Å²) in [6, 6.07) is 8.81. The second-order valence-corrected chi connectivity index (χ2v) is 10.9. The monoisotopic (exact) mass is 468 g/mol. The first-order valence-electron chi connectivity index (χ1n) is 9.90. The molecule has 30 heavy (non-hydrogen) atoms. The van der Waals surface area contributed by atoms with Gasteiger partial charge < -0.3 is 5.32 Å². The van der Waals surface area contributed by atoms with Crippen LogP contribution in [0.4, 0.5) is 4.39 Å². The highest BCUT2D eigenvalue weighted by atomic mass is 35.5. The first-order valence-corrected chi connectivity index (χ1v) is 12.7. The first kappa shape index (κ1) is 21.6. The van der Waals surface area contributed by atoms with Gasteiger partial charge in [-0.1, -0.05) is 30.2 Å². The Bertz CT molecular complexity index is 1070. The summed E-state index contributed by atoms with van der Waals surface area (Å²) in [4.78, 5) is 13.4. The molecule has 2 aliphatic heterocycles. The molecule has 1 N–H and O–H groups in total. The van der Waals surface area contributed by atoms with Gasteiger partial charge in [-0.3, -0.25) is 4.79 Å². The molecule has 0 radical (unpaired) electrons. The van der Waals surface area contributed by atoms with Crippen LogP contribution in [0.5, 0.6) is 0 Å². The number of piperidine rings is 1. The van der Waals surface area contributed by atoms with E-state index in [2.05, 4.69) is 5.32 Å². The van der Waals surface area contributed by atoms with E-state index in [1.165, 1.54) is 40.3 Å². The van der Waals surface area contributed by atoms with Gasteiger partial charge in [-0.2, -0.15) is 4.31 Å². The molecule has 2 aliphatic rings. The maximum Gasteiger partial charge on any atom is 0.251 e. The lowest BCUT2D eigenvalue weighted by molar-refractivity contribution is 0.0934. The van der Waals surface area contributed by atoms with E-state index >= 15 is 0 Å². The fourth-order valence-electron chi connectivity index (χ4n) is 3.86. The molecule has 0 aliphatic carbocycles. The Morgan fingerprint density at radius 3 is 2.70 bits per heavy atom. The molecular formula is C21H22ClFN2O3S2. The molecule has 9 heteroatoms. The van der Waals surface area contributed by atoms with E-state index in [4.69, 9.17) is 11.6 Å². The molecule has 1 amide bonds. The van der Waals surface area contributed by atoms with Crippen LogP contribution in [0.1, 0.15) is 47.6 Å². The fraction of sp³-hybridized carbons (Fsp3) is 0.381. The quantitative estimate of drug-likeness (QED) is 0.711. The Hall–Kier alpha value is -1.61. The van der Waals surface area contributed by atoms with Crippen molar-refractivity contribution >= 4 is 39.3 Å². The second-order valence-electron chi connectivity index (χ2n) is 7.43. The van der Waals surface area contributed by atoms with Crippen LogP contribution < -0.4 is 5.32 Å². The number of amides is 1. The number of carbonyl (C=O) groups excluding carboxylic acids is 1. The molecule has 5 nitrogen and oxygen atoms in total. The van der Waals surface area contributed by atoms with Crippen molar-refractivity contribution in [1.29, 1.82) is 0 Å². The number of thioether (sulfide) groups is 1. The molecule has 4 rings (SSSR count). The summed E-state index contributed by atoms with van der Waals surface area (Å²) >= 11 is 7.64. The second kappa shape index (κ2) is 8.86. The molecule has 2 heterocycles. The Balaban J connectivity index is 1.59. The summed E-state index contributed by atoms with van der Waals surface area (Å²) < 4.78 is 41.6. The van der Waals surface area contributed by atoms with Gasteiger partial charge in [0, 0.05) is 29.3 Å². The number of nitrogens with one attached hydrogen (secondary N) is 1. The Kier molecular flexibility index (Phi) is 6.39. The number of hydrogen-bond acceptors (Lipinski definition) is 4. The average molecular weight is 469 g/mol. The summed E-state index contributed by atoms with van der Waals surface area (Å²) in [7, 11) is -3.77.